The number of thioether (sulfide) groups is 1. The van der Waals surface area contributed by atoms with Crippen molar-refractivity contribution in [1.82, 2.24) is 10.2 Å². The van der Waals surface area contributed by atoms with Crippen molar-refractivity contribution in [2.24, 2.45) is 5.92 Å². The number of amides is 1. The number of carbonyl (C=O) groups is 1. The summed E-state index contributed by atoms with van der Waals surface area (Å²) in [6.07, 6.45) is 1.88. The molecule has 0 spiro atoms. The van der Waals surface area contributed by atoms with Crippen LogP contribution in [0, 0.1) is 5.92 Å². The quantitative estimate of drug-likeness (QED) is 0.810. The van der Waals surface area contributed by atoms with Gasteiger partial charge in [-0.1, -0.05) is 18.2 Å². The molecule has 1 fully saturated rings. The summed E-state index contributed by atoms with van der Waals surface area (Å²) in [5.41, 5.74) is 0. The molecule has 4 heteroatoms. The van der Waals surface area contributed by atoms with Crippen molar-refractivity contribution in [2.45, 2.75) is 17.7 Å². The third-order valence-corrected chi connectivity index (χ3v) is 4.78. The van der Waals surface area contributed by atoms with Crippen molar-refractivity contribution < 1.29 is 4.79 Å². The molecule has 0 aromatic heterocycles. The van der Waals surface area contributed by atoms with Gasteiger partial charge in [-0.2, -0.15) is 0 Å². The van der Waals surface area contributed by atoms with Gasteiger partial charge in [0.25, 0.3) is 0 Å². The summed E-state index contributed by atoms with van der Waals surface area (Å²) in [6.45, 7) is 3.17. The molecule has 0 unspecified atom stereocenters. The maximum atomic E-state index is 11.2. The third-order valence-electron chi connectivity index (χ3n) is 3.53. The largest absolute Gasteiger partial charge is 0.359 e. The van der Waals surface area contributed by atoms with Crippen LogP contribution in [0.2, 0.25) is 0 Å². The summed E-state index contributed by atoms with van der Waals surface area (Å²) in [4.78, 5) is 15.0. The minimum atomic E-state index is 0.141. The fourth-order valence-corrected chi connectivity index (χ4v) is 3.42. The van der Waals surface area contributed by atoms with Gasteiger partial charge in [-0.3, -0.25) is 4.79 Å². The summed E-state index contributed by atoms with van der Waals surface area (Å²) in [5, 5.41) is 2.68. The van der Waals surface area contributed by atoms with Crippen LogP contribution in [0.1, 0.15) is 12.8 Å². The summed E-state index contributed by atoms with van der Waals surface area (Å²) >= 11 is 1.94. The summed E-state index contributed by atoms with van der Waals surface area (Å²) in [6, 6.07) is 10.6. The Morgan fingerprint density at radius 3 is 2.95 bits per heavy atom. The molecule has 1 atom stereocenters. The highest BCUT2D eigenvalue weighted by molar-refractivity contribution is 7.99. The molecular weight excluding hydrogens is 256 g/mol. The van der Waals surface area contributed by atoms with E-state index in [1.165, 1.54) is 17.1 Å². The van der Waals surface area contributed by atoms with Gasteiger partial charge in [0.15, 0.2) is 0 Å². The van der Waals surface area contributed by atoms with E-state index in [0.29, 0.717) is 6.42 Å². The lowest BCUT2D eigenvalue weighted by molar-refractivity contribution is -0.120. The zero-order valence-electron chi connectivity index (χ0n) is 11.5. The SMILES string of the molecule is CNC(=O)CCN1CC[C@H](CSc2ccccc2)C1. The van der Waals surface area contributed by atoms with Gasteiger partial charge in [0.1, 0.15) is 0 Å². The van der Waals surface area contributed by atoms with Crippen LogP contribution >= 0.6 is 11.8 Å². The molecule has 104 valence electrons. The molecule has 3 nitrogen and oxygen atoms in total. The molecule has 0 saturated carbocycles. The van der Waals surface area contributed by atoms with Crippen molar-refractivity contribution in [2.75, 3.05) is 32.4 Å². The molecule has 1 aliphatic heterocycles. The Bertz CT molecular complexity index is 396. The molecular formula is C15H22N2OS. The zero-order chi connectivity index (χ0) is 13.5. The van der Waals surface area contributed by atoms with E-state index in [-0.39, 0.29) is 5.91 Å². The first kappa shape index (κ1) is 14.4. The van der Waals surface area contributed by atoms with E-state index in [1.54, 1.807) is 7.05 Å². The number of hydrogen-bond donors (Lipinski definition) is 1. The highest BCUT2D eigenvalue weighted by Gasteiger charge is 2.22. The molecule has 1 N–H and O–H groups in total. The second-order valence-electron chi connectivity index (χ2n) is 5.00. The fourth-order valence-electron chi connectivity index (χ4n) is 2.37. The Morgan fingerprint density at radius 1 is 1.42 bits per heavy atom. The van der Waals surface area contributed by atoms with E-state index < -0.39 is 0 Å². The standard InChI is InChI=1S/C15H22N2OS/c1-16-15(18)8-10-17-9-7-13(11-17)12-19-14-5-3-2-4-6-14/h2-6,13H,7-12H2,1H3,(H,16,18)/t13-/m0/s1. The van der Waals surface area contributed by atoms with Crippen LogP contribution in [-0.2, 0) is 4.79 Å². The minimum Gasteiger partial charge on any atom is -0.359 e. The van der Waals surface area contributed by atoms with Gasteiger partial charge in [0, 0.05) is 37.2 Å². The molecule has 1 aliphatic rings. The Morgan fingerprint density at radius 2 is 2.21 bits per heavy atom. The van der Waals surface area contributed by atoms with Gasteiger partial charge in [0.05, 0.1) is 0 Å². The average Bonchev–Trinajstić information content (AvgIpc) is 2.91. The normalized spacial score (nSPS) is 19.5. The summed E-state index contributed by atoms with van der Waals surface area (Å²) < 4.78 is 0. The molecule has 0 bridgehead atoms. The minimum absolute atomic E-state index is 0.141. The van der Waals surface area contributed by atoms with Crippen molar-refractivity contribution >= 4 is 17.7 Å². The maximum absolute atomic E-state index is 11.2. The Labute approximate surface area is 119 Å². The van der Waals surface area contributed by atoms with Crippen LogP contribution in [0.4, 0.5) is 0 Å². The van der Waals surface area contributed by atoms with E-state index in [4.69, 9.17) is 0 Å². The number of carbonyl (C=O) groups excluding carboxylic acids is 1. The monoisotopic (exact) mass is 278 g/mol. The second-order valence-corrected chi connectivity index (χ2v) is 6.10. The van der Waals surface area contributed by atoms with Gasteiger partial charge in [0.2, 0.25) is 5.91 Å². The van der Waals surface area contributed by atoms with Gasteiger partial charge in [-0.15, -0.1) is 11.8 Å². The fraction of sp³-hybridized carbons (Fsp3) is 0.533. The first-order valence-electron chi connectivity index (χ1n) is 6.88. The molecule has 1 saturated heterocycles. The molecule has 1 aromatic rings. The van der Waals surface area contributed by atoms with Crippen LogP contribution < -0.4 is 5.32 Å². The van der Waals surface area contributed by atoms with Crippen LogP contribution in [0.15, 0.2) is 35.2 Å². The van der Waals surface area contributed by atoms with Crippen molar-refractivity contribution in [1.29, 1.82) is 0 Å². The first-order chi connectivity index (χ1) is 9.28. The van der Waals surface area contributed by atoms with E-state index in [2.05, 4.69) is 40.5 Å². The molecule has 1 heterocycles. The lowest BCUT2D eigenvalue weighted by Crippen LogP contribution is -2.28. The topological polar surface area (TPSA) is 32.3 Å². The van der Waals surface area contributed by atoms with Crippen LogP contribution in [0.3, 0.4) is 0 Å². The predicted molar refractivity (Wildman–Crippen MR) is 80.4 cm³/mol. The highest BCUT2D eigenvalue weighted by Crippen LogP contribution is 2.25. The molecule has 1 amide bonds. The van der Waals surface area contributed by atoms with E-state index in [0.717, 1.165) is 25.6 Å². The lowest BCUT2D eigenvalue weighted by atomic mass is 10.2. The Hall–Kier alpha value is -1.00. The third kappa shape index (κ3) is 4.88. The zero-order valence-corrected chi connectivity index (χ0v) is 12.3. The molecule has 1 aromatic carbocycles. The second kappa shape index (κ2) is 7.56. The van der Waals surface area contributed by atoms with E-state index in [1.807, 2.05) is 11.8 Å². The number of likely N-dealkylation sites (tertiary alicyclic amines) is 1. The van der Waals surface area contributed by atoms with Crippen LogP contribution in [-0.4, -0.2) is 43.2 Å². The van der Waals surface area contributed by atoms with Gasteiger partial charge < -0.3 is 10.2 Å². The van der Waals surface area contributed by atoms with Crippen LogP contribution in [0.25, 0.3) is 0 Å². The molecule has 0 aliphatic carbocycles. The van der Waals surface area contributed by atoms with Crippen molar-refractivity contribution in [3.63, 3.8) is 0 Å². The summed E-state index contributed by atoms with van der Waals surface area (Å²) in [5.74, 6) is 2.08. The number of hydrogen-bond acceptors (Lipinski definition) is 3. The van der Waals surface area contributed by atoms with Crippen molar-refractivity contribution in [3.8, 4) is 0 Å². The van der Waals surface area contributed by atoms with E-state index >= 15 is 0 Å². The van der Waals surface area contributed by atoms with Gasteiger partial charge in [-0.25, -0.2) is 0 Å². The van der Waals surface area contributed by atoms with Crippen LogP contribution in [0.5, 0.6) is 0 Å². The number of benzene rings is 1. The highest BCUT2D eigenvalue weighted by atomic mass is 32.2. The van der Waals surface area contributed by atoms with Gasteiger partial charge in [-0.05, 0) is 31.0 Å². The average molecular weight is 278 g/mol. The Balaban J connectivity index is 1.66. The molecule has 2 rings (SSSR count). The number of nitrogens with one attached hydrogen (secondary N) is 1. The predicted octanol–water partition coefficient (Wildman–Crippen LogP) is 2.24. The van der Waals surface area contributed by atoms with Crippen molar-refractivity contribution in [3.05, 3.63) is 30.3 Å². The van der Waals surface area contributed by atoms with Gasteiger partial charge >= 0.3 is 0 Å². The Kier molecular flexibility index (Phi) is 5.73. The summed E-state index contributed by atoms with van der Waals surface area (Å²) in [7, 11) is 1.70. The smallest absolute Gasteiger partial charge is 0.221 e. The van der Waals surface area contributed by atoms with E-state index in [9.17, 15) is 4.79 Å². The molecule has 0 radical (unpaired) electrons. The number of nitrogens with zero attached hydrogens (tertiary/aromatic N) is 1. The number of rotatable bonds is 6. The molecule has 19 heavy (non-hydrogen) atoms. The first-order valence-corrected chi connectivity index (χ1v) is 7.87. The maximum Gasteiger partial charge on any atom is 0.221 e. The lowest BCUT2D eigenvalue weighted by Gasteiger charge is -2.15.